The van der Waals surface area contributed by atoms with Crippen LogP contribution in [0.4, 0.5) is 11.4 Å². The van der Waals surface area contributed by atoms with E-state index in [9.17, 15) is 14.9 Å². The normalized spacial score (nSPS) is 10.5. The molecule has 1 amide bonds. The summed E-state index contributed by atoms with van der Waals surface area (Å²) in [5.74, 6) is 0.895. The first kappa shape index (κ1) is 18.0. The largest absolute Gasteiger partial charge is 0.325 e. The molecule has 0 spiro atoms. The molecule has 0 aliphatic carbocycles. The zero-order valence-electron chi connectivity index (χ0n) is 14.0. The van der Waals surface area contributed by atoms with Crippen LogP contribution in [0.25, 0.3) is 0 Å². The maximum absolute atomic E-state index is 12.1. The smallest absolute Gasteiger partial charge is 0.271 e. The molecule has 0 fully saturated rings. The first-order chi connectivity index (χ1) is 11.3. The van der Waals surface area contributed by atoms with E-state index in [-0.39, 0.29) is 11.6 Å². The molecule has 2 aromatic rings. The van der Waals surface area contributed by atoms with Gasteiger partial charge in [0.1, 0.15) is 0 Å². The third-order valence-corrected chi connectivity index (χ3v) is 4.49. The van der Waals surface area contributed by atoms with Crippen molar-refractivity contribution in [2.45, 2.75) is 26.5 Å². The fourth-order valence-corrected chi connectivity index (χ4v) is 3.22. The van der Waals surface area contributed by atoms with E-state index < -0.39 is 4.92 Å². The molecule has 0 heterocycles. The van der Waals surface area contributed by atoms with Gasteiger partial charge in [-0.3, -0.25) is 14.9 Å². The lowest BCUT2D eigenvalue weighted by Crippen LogP contribution is -2.15. The third-order valence-electron chi connectivity index (χ3n) is 3.49. The molecule has 0 unspecified atom stereocenters. The molecule has 0 aromatic heterocycles. The highest BCUT2D eigenvalue weighted by Crippen LogP contribution is 2.22. The number of nitrogens with one attached hydrogen (secondary N) is 1. The number of nitro groups is 1. The Morgan fingerprint density at radius 3 is 2.42 bits per heavy atom. The van der Waals surface area contributed by atoms with E-state index in [1.54, 1.807) is 6.07 Å². The predicted octanol–water partition coefficient (Wildman–Crippen LogP) is 4.39. The number of thioether (sulfide) groups is 1. The van der Waals surface area contributed by atoms with Crippen LogP contribution in [0.1, 0.15) is 22.3 Å². The molecular weight excluding hydrogens is 324 g/mol. The van der Waals surface area contributed by atoms with Crippen LogP contribution >= 0.6 is 11.8 Å². The highest BCUT2D eigenvalue weighted by Gasteiger charge is 2.11. The van der Waals surface area contributed by atoms with Gasteiger partial charge in [0.15, 0.2) is 0 Å². The molecule has 0 atom stereocenters. The zero-order valence-corrected chi connectivity index (χ0v) is 14.8. The van der Waals surface area contributed by atoms with E-state index in [0.29, 0.717) is 11.4 Å². The minimum absolute atomic E-state index is 0.0289. The summed E-state index contributed by atoms with van der Waals surface area (Å²) < 4.78 is 0. The maximum Gasteiger partial charge on any atom is 0.271 e. The van der Waals surface area contributed by atoms with Gasteiger partial charge in [0, 0.05) is 17.9 Å². The number of hydrogen-bond donors (Lipinski definition) is 1. The number of hydrogen-bond acceptors (Lipinski definition) is 4. The van der Waals surface area contributed by atoms with Gasteiger partial charge in [0.2, 0.25) is 5.91 Å². The monoisotopic (exact) mass is 344 g/mol. The van der Waals surface area contributed by atoms with Crippen molar-refractivity contribution in [1.29, 1.82) is 0 Å². The molecular formula is C18H20N2O3S. The number of nitro benzene ring substituents is 1. The third kappa shape index (κ3) is 5.09. The summed E-state index contributed by atoms with van der Waals surface area (Å²) in [5, 5.41) is 13.6. The molecule has 0 bridgehead atoms. The molecule has 0 saturated heterocycles. The van der Waals surface area contributed by atoms with Crippen molar-refractivity contribution in [2.75, 3.05) is 11.1 Å². The first-order valence-corrected chi connectivity index (χ1v) is 8.70. The Morgan fingerprint density at radius 2 is 1.79 bits per heavy atom. The molecule has 2 aromatic carbocycles. The summed E-state index contributed by atoms with van der Waals surface area (Å²) in [7, 11) is 0. The molecule has 0 aliphatic rings. The summed E-state index contributed by atoms with van der Waals surface area (Å²) in [6.07, 6.45) is 0. The number of nitrogens with zero attached hydrogens (tertiary/aromatic N) is 1. The van der Waals surface area contributed by atoms with Crippen LogP contribution in [-0.2, 0) is 10.5 Å². The lowest BCUT2D eigenvalue weighted by atomic mass is 10.1. The van der Waals surface area contributed by atoms with Crippen LogP contribution in [0.3, 0.4) is 0 Å². The fraction of sp³-hybridized carbons (Fsp3) is 0.278. The Kier molecular flexibility index (Phi) is 5.98. The minimum Gasteiger partial charge on any atom is -0.325 e. The SMILES string of the molecule is Cc1cc(C)cc(CSCC(=O)Nc2cc([N+](=O)[O-])ccc2C)c1. The van der Waals surface area contributed by atoms with Crippen LogP contribution in [0, 0.1) is 30.9 Å². The molecule has 1 N–H and O–H groups in total. The first-order valence-electron chi connectivity index (χ1n) is 7.55. The van der Waals surface area contributed by atoms with Gasteiger partial charge in [-0.1, -0.05) is 35.4 Å². The van der Waals surface area contributed by atoms with Crippen LogP contribution in [0.2, 0.25) is 0 Å². The molecule has 6 heteroatoms. The summed E-state index contributed by atoms with van der Waals surface area (Å²) in [5.41, 5.74) is 4.87. The number of anilines is 1. The second kappa shape index (κ2) is 7.97. The van der Waals surface area contributed by atoms with Crippen molar-refractivity contribution in [1.82, 2.24) is 0 Å². The lowest BCUT2D eigenvalue weighted by molar-refractivity contribution is -0.384. The van der Waals surface area contributed by atoms with Crippen molar-refractivity contribution in [3.05, 3.63) is 68.8 Å². The molecule has 0 radical (unpaired) electrons. The number of rotatable bonds is 6. The number of aryl methyl sites for hydroxylation is 3. The van der Waals surface area contributed by atoms with Gasteiger partial charge in [0.25, 0.3) is 5.69 Å². The van der Waals surface area contributed by atoms with Crippen molar-refractivity contribution in [3.8, 4) is 0 Å². The average Bonchev–Trinajstić information content (AvgIpc) is 2.48. The van der Waals surface area contributed by atoms with E-state index in [0.717, 1.165) is 11.3 Å². The second-order valence-corrected chi connectivity index (χ2v) is 6.78. The van der Waals surface area contributed by atoms with Crippen molar-refractivity contribution < 1.29 is 9.72 Å². The summed E-state index contributed by atoms with van der Waals surface area (Å²) in [4.78, 5) is 22.4. The molecule has 24 heavy (non-hydrogen) atoms. The summed E-state index contributed by atoms with van der Waals surface area (Å²) in [6, 6.07) is 10.8. The lowest BCUT2D eigenvalue weighted by Gasteiger charge is -2.09. The van der Waals surface area contributed by atoms with Crippen LogP contribution in [-0.4, -0.2) is 16.6 Å². The Hall–Kier alpha value is -2.34. The van der Waals surface area contributed by atoms with Gasteiger partial charge in [-0.25, -0.2) is 0 Å². The number of amides is 1. The highest BCUT2D eigenvalue weighted by molar-refractivity contribution is 7.99. The summed E-state index contributed by atoms with van der Waals surface area (Å²) in [6.45, 7) is 5.92. The second-order valence-electron chi connectivity index (χ2n) is 5.79. The van der Waals surface area contributed by atoms with E-state index in [4.69, 9.17) is 0 Å². The van der Waals surface area contributed by atoms with Crippen molar-refractivity contribution in [3.63, 3.8) is 0 Å². The van der Waals surface area contributed by atoms with Gasteiger partial charge < -0.3 is 5.32 Å². The van der Waals surface area contributed by atoms with Crippen molar-refractivity contribution in [2.24, 2.45) is 0 Å². The number of carbonyl (C=O) groups is 1. The van der Waals surface area contributed by atoms with Crippen LogP contribution in [0.5, 0.6) is 0 Å². The van der Waals surface area contributed by atoms with Crippen LogP contribution < -0.4 is 5.32 Å². The van der Waals surface area contributed by atoms with Crippen LogP contribution in [0.15, 0.2) is 36.4 Å². The topological polar surface area (TPSA) is 72.2 Å². The molecule has 0 saturated carbocycles. The Morgan fingerprint density at radius 1 is 1.12 bits per heavy atom. The van der Waals surface area contributed by atoms with E-state index in [1.165, 1.54) is 40.6 Å². The van der Waals surface area contributed by atoms with Gasteiger partial charge in [-0.2, -0.15) is 0 Å². The maximum atomic E-state index is 12.1. The van der Waals surface area contributed by atoms with E-state index in [2.05, 4.69) is 37.4 Å². The Labute approximate surface area is 145 Å². The van der Waals surface area contributed by atoms with Gasteiger partial charge in [-0.15, -0.1) is 11.8 Å². The molecule has 2 rings (SSSR count). The van der Waals surface area contributed by atoms with E-state index in [1.807, 2.05) is 6.92 Å². The molecule has 0 aliphatic heterocycles. The standard InChI is InChI=1S/C18H20N2O3S/c1-12-6-13(2)8-15(7-12)10-24-11-18(21)19-17-9-16(20(22)23)5-4-14(17)3/h4-9H,10-11H2,1-3H3,(H,19,21). The molecule has 126 valence electrons. The minimum atomic E-state index is -0.468. The Bertz CT molecular complexity index is 755. The number of non-ortho nitro benzene ring substituents is 1. The van der Waals surface area contributed by atoms with Gasteiger partial charge >= 0.3 is 0 Å². The summed E-state index contributed by atoms with van der Waals surface area (Å²) >= 11 is 1.52. The molecule has 5 nitrogen and oxygen atoms in total. The Balaban J connectivity index is 1.91. The number of benzene rings is 2. The number of carbonyl (C=O) groups excluding carboxylic acids is 1. The fourth-order valence-electron chi connectivity index (χ4n) is 2.46. The zero-order chi connectivity index (χ0) is 17.7. The highest BCUT2D eigenvalue weighted by atomic mass is 32.2. The van der Waals surface area contributed by atoms with Crippen molar-refractivity contribution >= 4 is 29.0 Å². The van der Waals surface area contributed by atoms with Gasteiger partial charge in [0.05, 0.1) is 16.4 Å². The van der Waals surface area contributed by atoms with E-state index >= 15 is 0 Å². The quantitative estimate of drug-likeness (QED) is 0.623. The predicted molar refractivity (Wildman–Crippen MR) is 98.5 cm³/mol. The average molecular weight is 344 g/mol. The van der Waals surface area contributed by atoms with Gasteiger partial charge in [-0.05, 0) is 31.9 Å².